The number of ether oxygens (including phenoxy) is 2. The van der Waals surface area contributed by atoms with Crippen LogP contribution in [0.15, 0.2) is 0 Å². The van der Waals surface area contributed by atoms with Crippen molar-refractivity contribution in [1.29, 1.82) is 0 Å². The van der Waals surface area contributed by atoms with Crippen molar-refractivity contribution >= 4 is 5.91 Å². The third kappa shape index (κ3) is 5.06. The van der Waals surface area contributed by atoms with E-state index in [1.54, 1.807) is 0 Å². The van der Waals surface area contributed by atoms with Crippen LogP contribution in [-0.4, -0.2) is 37.4 Å². The van der Waals surface area contributed by atoms with Crippen molar-refractivity contribution in [3.63, 3.8) is 0 Å². The standard InChI is InChI=1S/C16H29NO3/c1-12-5-3-6-15(11-12)20-13(2)16(18)17-9-8-14-7-4-10-19-14/h12-15H,3-11H2,1-2H3,(H,17,18)/t12-,13-,14+,15-/m1/s1. The van der Waals surface area contributed by atoms with Gasteiger partial charge in [-0.3, -0.25) is 4.79 Å². The molecule has 0 radical (unpaired) electrons. The van der Waals surface area contributed by atoms with Crippen LogP contribution in [0, 0.1) is 5.92 Å². The van der Waals surface area contributed by atoms with Crippen LogP contribution in [0.2, 0.25) is 0 Å². The highest BCUT2D eigenvalue weighted by Crippen LogP contribution is 2.26. The van der Waals surface area contributed by atoms with Crippen LogP contribution in [0.25, 0.3) is 0 Å². The number of carbonyl (C=O) groups is 1. The SMILES string of the molecule is C[C@@H]1CCC[C@@H](O[C@H](C)C(=O)NCC[C@@H]2CCCO2)C1. The molecule has 20 heavy (non-hydrogen) atoms. The smallest absolute Gasteiger partial charge is 0.248 e. The Balaban J connectivity index is 1.61. The molecule has 1 amide bonds. The molecule has 0 aromatic heterocycles. The molecule has 0 aromatic rings. The summed E-state index contributed by atoms with van der Waals surface area (Å²) in [5, 5.41) is 2.97. The molecule has 0 unspecified atom stereocenters. The van der Waals surface area contributed by atoms with Gasteiger partial charge in [0, 0.05) is 13.2 Å². The van der Waals surface area contributed by atoms with E-state index >= 15 is 0 Å². The van der Waals surface area contributed by atoms with Gasteiger partial charge in [-0.2, -0.15) is 0 Å². The molecule has 0 bridgehead atoms. The maximum Gasteiger partial charge on any atom is 0.248 e. The normalized spacial score (nSPS) is 32.0. The number of nitrogens with one attached hydrogen (secondary N) is 1. The van der Waals surface area contributed by atoms with Crippen LogP contribution in [0.3, 0.4) is 0 Å². The molecule has 1 aliphatic carbocycles. The van der Waals surface area contributed by atoms with Crippen LogP contribution < -0.4 is 5.32 Å². The molecule has 4 nitrogen and oxygen atoms in total. The van der Waals surface area contributed by atoms with Crippen molar-refractivity contribution in [2.24, 2.45) is 5.92 Å². The molecular weight excluding hydrogens is 254 g/mol. The topological polar surface area (TPSA) is 47.6 Å². The van der Waals surface area contributed by atoms with Gasteiger partial charge in [0.05, 0.1) is 12.2 Å². The molecule has 4 heteroatoms. The molecule has 1 N–H and O–H groups in total. The van der Waals surface area contributed by atoms with Gasteiger partial charge < -0.3 is 14.8 Å². The lowest BCUT2D eigenvalue weighted by Gasteiger charge is -2.29. The molecule has 1 saturated carbocycles. The molecule has 2 rings (SSSR count). The second kappa shape index (κ2) is 7.99. The van der Waals surface area contributed by atoms with Crippen LogP contribution in [0.5, 0.6) is 0 Å². The molecule has 0 spiro atoms. The average molecular weight is 283 g/mol. The average Bonchev–Trinajstić information content (AvgIpc) is 2.91. The summed E-state index contributed by atoms with van der Waals surface area (Å²) in [6.45, 7) is 5.69. The van der Waals surface area contributed by atoms with Gasteiger partial charge in [0.1, 0.15) is 6.10 Å². The fraction of sp³-hybridized carbons (Fsp3) is 0.938. The lowest BCUT2D eigenvalue weighted by atomic mass is 9.88. The highest BCUT2D eigenvalue weighted by atomic mass is 16.5. The summed E-state index contributed by atoms with van der Waals surface area (Å²) in [5.74, 6) is 0.741. The van der Waals surface area contributed by atoms with E-state index in [0.29, 0.717) is 12.6 Å². The molecule has 1 heterocycles. The summed E-state index contributed by atoms with van der Waals surface area (Å²) < 4.78 is 11.4. The Morgan fingerprint density at radius 1 is 1.35 bits per heavy atom. The Labute approximate surface area is 122 Å². The van der Waals surface area contributed by atoms with Crippen molar-refractivity contribution in [3.8, 4) is 0 Å². The molecular formula is C16H29NO3. The van der Waals surface area contributed by atoms with Crippen molar-refractivity contribution in [1.82, 2.24) is 5.32 Å². The van der Waals surface area contributed by atoms with Gasteiger partial charge in [0.15, 0.2) is 0 Å². The summed E-state index contributed by atoms with van der Waals surface area (Å²) in [7, 11) is 0. The van der Waals surface area contributed by atoms with E-state index in [4.69, 9.17) is 9.47 Å². The lowest BCUT2D eigenvalue weighted by molar-refractivity contribution is -0.137. The van der Waals surface area contributed by atoms with E-state index in [-0.39, 0.29) is 18.1 Å². The second-order valence-corrected chi connectivity index (χ2v) is 6.39. The summed E-state index contributed by atoms with van der Waals surface area (Å²) >= 11 is 0. The first-order chi connectivity index (χ1) is 9.65. The van der Waals surface area contributed by atoms with Crippen molar-refractivity contribution in [3.05, 3.63) is 0 Å². The van der Waals surface area contributed by atoms with Crippen LogP contribution in [0.1, 0.15) is 58.8 Å². The van der Waals surface area contributed by atoms with Crippen LogP contribution in [-0.2, 0) is 14.3 Å². The first-order valence-corrected chi connectivity index (χ1v) is 8.20. The van der Waals surface area contributed by atoms with Gasteiger partial charge in [-0.1, -0.05) is 19.8 Å². The Hall–Kier alpha value is -0.610. The molecule has 116 valence electrons. The van der Waals surface area contributed by atoms with Gasteiger partial charge >= 0.3 is 0 Å². The highest BCUT2D eigenvalue weighted by molar-refractivity contribution is 5.80. The van der Waals surface area contributed by atoms with Gasteiger partial charge in [-0.15, -0.1) is 0 Å². The first kappa shape index (κ1) is 15.8. The molecule has 4 atom stereocenters. The fourth-order valence-corrected chi connectivity index (χ4v) is 3.22. The maximum atomic E-state index is 12.0. The molecule has 0 aromatic carbocycles. The minimum absolute atomic E-state index is 0.0150. The summed E-state index contributed by atoms with van der Waals surface area (Å²) in [4.78, 5) is 12.0. The number of hydrogen-bond acceptors (Lipinski definition) is 3. The van der Waals surface area contributed by atoms with E-state index in [1.165, 1.54) is 12.8 Å². The Bertz CT molecular complexity index is 302. The zero-order valence-corrected chi connectivity index (χ0v) is 12.9. The Kier molecular flexibility index (Phi) is 6.30. The number of carbonyl (C=O) groups excluding carboxylic acids is 1. The van der Waals surface area contributed by atoms with Gasteiger partial charge in [0.2, 0.25) is 5.91 Å². The van der Waals surface area contributed by atoms with E-state index < -0.39 is 0 Å². The largest absolute Gasteiger partial charge is 0.378 e. The quantitative estimate of drug-likeness (QED) is 0.815. The van der Waals surface area contributed by atoms with E-state index in [0.717, 1.165) is 44.6 Å². The summed E-state index contributed by atoms with van der Waals surface area (Å²) in [6, 6.07) is 0. The van der Waals surface area contributed by atoms with Crippen molar-refractivity contribution in [2.75, 3.05) is 13.2 Å². The predicted octanol–water partition coefficient (Wildman–Crippen LogP) is 2.66. The van der Waals surface area contributed by atoms with E-state index in [1.807, 2.05) is 6.92 Å². The molecule has 2 aliphatic rings. The molecule has 1 saturated heterocycles. The monoisotopic (exact) mass is 283 g/mol. The summed E-state index contributed by atoms with van der Waals surface area (Å²) in [6.07, 6.45) is 8.16. The third-order valence-electron chi connectivity index (χ3n) is 4.44. The van der Waals surface area contributed by atoms with Crippen molar-refractivity contribution in [2.45, 2.75) is 77.1 Å². The highest BCUT2D eigenvalue weighted by Gasteiger charge is 2.24. The molecule has 2 fully saturated rings. The number of amides is 1. The third-order valence-corrected chi connectivity index (χ3v) is 4.44. The number of hydrogen-bond donors (Lipinski definition) is 1. The maximum absolute atomic E-state index is 12.0. The van der Waals surface area contributed by atoms with Gasteiger partial charge in [-0.25, -0.2) is 0 Å². The van der Waals surface area contributed by atoms with Crippen molar-refractivity contribution < 1.29 is 14.3 Å². The zero-order chi connectivity index (χ0) is 14.4. The van der Waals surface area contributed by atoms with E-state index in [2.05, 4.69) is 12.2 Å². The number of rotatable bonds is 6. The predicted molar refractivity (Wildman–Crippen MR) is 78.6 cm³/mol. The lowest BCUT2D eigenvalue weighted by Crippen LogP contribution is -2.38. The zero-order valence-electron chi connectivity index (χ0n) is 12.9. The minimum atomic E-state index is -0.338. The Morgan fingerprint density at radius 2 is 2.20 bits per heavy atom. The second-order valence-electron chi connectivity index (χ2n) is 6.39. The van der Waals surface area contributed by atoms with Crippen LogP contribution in [0.4, 0.5) is 0 Å². The van der Waals surface area contributed by atoms with Gasteiger partial charge in [0.25, 0.3) is 0 Å². The van der Waals surface area contributed by atoms with E-state index in [9.17, 15) is 4.79 Å². The van der Waals surface area contributed by atoms with Gasteiger partial charge in [-0.05, 0) is 44.9 Å². The minimum Gasteiger partial charge on any atom is -0.378 e. The summed E-state index contributed by atoms with van der Waals surface area (Å²) in [5.41, 5.74) is 0. The molecule has 1 aliphatic heterocycles. The van der Waals surface area contributed by atoms with Crippen LogP contribution >= 0.6 is 0 Å². The first-order valence-electron chi connectivity index (χ1n) is 8.20. The Morgan fingerprint density at radius 3 is 2.90 bits per heavy atom. The fourth-order valence-electron chi connectivity index (χ4n) is 3.22.